The maximum absolute atomic E-state index is 11.6. The molecule has 1 aliphatic heterocycles. The molecule has 1 aliphatic rings. The zero-order valence-corrected chi connectivity index (χ0v) is 11.1. The normalized spacial score (nSPS) is 27.6. The van der Waals surface area contributed by atoms with E-state index in [1.165, 1.54) is 32.1 Å². The lowest BCUT2D eigenvalue weighted by atomic mass is 10.0. The van der Waals surface area contributed by atoms with Crippen LogP contribution >= 0.6 is 0 Å². The van der Waals surface area contributed by atoms with Crippen LogP contribution in [0.4, 0.5) is 0 Å². The van der Waals surface area contributed by atoms with E-state index < -0.39 is 0 Å². The minimum absolute atomic E-state index is 0.0103. The first kappa shape index (κ1) is 14.3. The lowest BCUT2D eigenvalue weighted by molar-refractivity contribution is -0.148. The molecule has 2 heteroatoms. The van der Waals surface area contributed by atoms with Gasteiger partial charge in [-0.3, -0.25) is 4.79 Å². The molecule has 0 saturated carbocycles. The first-order chi connectivity index (χ1) is 8.30. The summed E-state index contributed by atoms with van der Waals surface area (Å²) in [4.78, 5) is 11.6. The predicted molar refractivity (Wildman–Crippen MR) is 70.8 cm³/mol. The Kier molecular flexibility index (Phi) is 7.78. The summed E-state index contributed by atoms with van der Waals surface area (Å²) in [5.74, 6) is 0.0531. The molecule has 1 atom stereocenters. The Bertz CT molecular complexity index is 233. The number of carbonyl (C=O) groups excluding carboxylic acids is 1. The zero-order valence-electron chi connectivity index (χ0n) is 11.1. The molecular weight excluding hydrogens is 212 g/mol. The van der Waals surface area contributed by atoms with Crippen LogP contribution in [0, 0.1) is 5.92 Å². The van der Waals surface area contributed by atoms with E-state index in [9.17, 15) is 4.79 Å². The van der Waals surface area contributed by atoms with Gasteiger partial charge in [-0.25, -0.2) is 0 Å². The highest BCUT2D eigenvalue weighted by atomic mass is 16.5. The second kappa shape index (κ2) is 9.26. The van der Waals surface area contributed by atoms with Gasteiger partial charge < -0.3 is 4.74 Å². The molecule has 2 nitrogen and oxygen atoms in total. The lowest BCUT2D eigenvalue weighted by Crippen LogP contribution is -2.15. The number of ether oxygens (including phenoxy) is 1. The third-order valence-electron chi connectivity index (χ3n) is 3.34. The van der Waals surface area contributed by atoms with E-state index in [1.54, 1.807) is 0 Å². The fraction of sp³-hybridized carbons (Fsp3) is 0.800. The Morgan fingerprint density at radius 2 is 1.65 bits per heavy atom. The standard InChI is InChI=1S/C15H26O2/c1-14-12-10-8-6-4-2-3-5-7-9-11-13-17-15(14)16/h4,6,14H,2-3,5,7-13H2,1H3/b6-4-. The summed E-state index contributed by atoms with van der Waals surface area (Å²) in [6, 6.07) is 0. The van der Waals surface area contributed by atoms with Gasteiger partial charge in [0.15, 0.2) is 0 Å². The molecular formula is C15H26O2. The molecule has 0 saturated heterocycles. The molecule has 0 bridgehead atoms. The SMILES string of the molecule is CC1CCC/C=C\CCCCCCCOC1=O. The van der Waals surface area contributed by atoms with E-state index in [2.05, 4.69) is 12.2 Å². The fourth-order valence-electron chi connectivity index (χ4n) is 2.11. The molecule has 0 aromatic carbocycles. The van der Waals surface area contributed by atoms with Crippen molar-refractivity contribution >= 4 is 5.97 Å². The van der Waals surface area contributed by atoms with Crippen LogP contribution in [0.25, 0.3) is 0 Å². The van der Waals surface area contributed by atoms with Crippen LogP contribution in [0.2, 0.25) is 0 Å². The Morgan fingerprint density at radius 3 is 2.47 bits per heavy atom. The van der Waals surface area contributed by atoms with Gasteiger partial charge in [0.25, 0.3) is 0 Å². The molecule has 0 spiro atoms. The van der Waals surface area contributed by atoms with Crippen LogP contribution in [-0.2, 0) is 9.53 Å². The van der Waals surface area contributed by atoms with Crippen LogP contribution in [0.15, 0.2) is 12.2 Å². The second-order valence-corrected chi connectivity index (χ2v) is 5.03. The third-order valence-corrected chi connectivity index (χ3v) is 3.34. The quantitative estimate of drug-likeness (QED) is 0.466. The smallest absolute Gasteiger partial charge is 0.308 e. The van der Waals surface area contributed by atoms with Gasteiger partial charge in [0.1, 0.15) is 0 Å². The molecule has 0 radical (unpaired) electrons. The topological polar surface area (TPSA) is 26.3 Å². The van der Waals surface area contributed by atoms with E-state index in [4.69, 9.17) is 4.74 Å². The van der Waals surface area contributed by atoms with Crippen LogP contribution in [0.3, 0.4) is 0 Å². The minimum atomic E-state index is -0.0103. The van der Waals surface area contributed by atoms with Crippen LogP contribution < -0.4 is 0 Å². The summed E-state index contributed by atoms with van der Waals surface area (Å²) in [7, 11) is 0. The number of hydrogen-bond donors (Lipinski definition) is 0. The molecule has 1 unspecified atom stereocenters. The van der Waals surface area contributed by atoms with Crippen molar-refractivity contribution in [1.29, 1.82) is 0 Å². The minimum Gasteiger partial charge on any atom is -0.465 e. The highest BCUT2D eigenvalue weighted by molar-refractivity contribution is 5.71. The number of allylic oxidation sites excluding steroid dienone is 2. The molecule has 17 heavy (non-hydrogen) atoms. The lowest BCUT2D eigenvalue weighted by Gasteiger charge is -2.10. The number of rotatable bonds is 0. The average molecular weight is 238 g/mol. The number of cyclic esters (lactones) is 1. The van der Waals surface area contributed by atoms with Crippen molar-refractivity contribution in [2.45, 2.75) is 64.7 Å². The maximum Gasteiger partial charge on any atom is 0.308 e. The summed E-state index contributed by atoms with van der Waals surface area (Å²) in [6.45, 7) is 2.59. The van der Waals surface area contributed by atoms with Crippen molar-refractivity contribution in [2.24, 2.45) is 5.92 Å². The van der Waals surface area contributed by atoms with Gasteiger partial charge in [-0.15, -0.1) is 0 Å². The van der Waals surface area contributed by atoms with Crippen LogP contribution in [-0.4, -0.2) is 12.6 Å². The summed E-state index contributed by atoms with van der Waals surface area (Å²) in [5, 5.41) is 0. The second-order valence-electron chi connectivity index (χ2n) is 5.03. The van der Waals surface area contributed by atoms with Gasteiger partial charge in [0.2, 0.25) is 0 Å². The van der Waals surface area contributed by atoms with Gasteiger partial charge in [0.05, 0.1) is 12.5 Å². The van der Waals surface area contributed by atoms with Crippen molar-refractivity contribution in [3.05, 3.63) is 12.2 Å². The molecule has 1 heterocycles. The Balaban J connectivity index is 2.30. The van der Waals surface area contributed by atoms with Gasteiger partial charge in [0, 0.05) is 0 Å². The van der Waals surface area contributed by atoms with E-state index in [0.29, 0.717) is 6.61 Å². The predicted octanol–water partition coefficient (Wildman–Crippen LogP) is 4.25. The summed E-state index contributed by atoms with van der Waals surface area (Å²) >= 11 is 0. The van der Waals surface area contributed by atoms with Crippen LogP contribution in [0.1, 0.15) is 64.7 Å². The largest absolute Gasteiger partial charge is 0.465 e. The van der Waals surface area contributed by atoms with Crippen molar-refractivity contribution in [1.82, 2.24) is 0 Å². The summed E-state index contributed by atoms with van der Waals surface area (Å²) in [5.41, 5.74) is 0. The van der Waals surface area contributed by atoms with E-state index >= 15 is 0 Å². The van der Waals surface area contributed by atoms with Gasteiger partial charge in [-0.2, -0.15) is 0 Å². The van der Waals surface area contributed by atoms with Crippen molar-refractivity contribution < 1.29 is 9.53 Å². The monoisotopic (exact) mass is 238 g/mol. The Hall–Kier alpha value is -0.790. The molecule has 98 valence electrons. The molecule has 0 aliphatic carbocycles. The zero-order chi connectivity index (χ0) is 12.3. The Morgan fingerprint density at radius 1 is 1.00 bits per heavy atom. The summed E-state index contributed by atoms with van der Waals surface area (Å²) < 4.78 is 5.27. The van der Waals surface area contributed by atoms with Gasteiger partial charge >= 0.3 is 5.97 Å². The molecule has 0 fully saturated rings. The van der Waals surface area contributed by atoms with Gasteiger partial charge in [-0.05, 0) is 38.5 Å². The number of esters is 1. The highest BCUT2D eigenvalue weighted by Crippen LogP contribution is 2.12. The molecule has 0 aromatic heterocycles. The molecule has 1 rings (SSSR count). The third kappa shape index (κ3) is 7.19. The maximum atomic E-state index is 11.6. The number of carbonyl (C=O) groups is 1. The van der Waals surface area contributed by atoms with E-state index in [-0.39, 0.29) is 11.9 Å². The summed E-state index contributed by atoms with van der Waals surface area (Å²) in [6.07, 6.45) is 15.0. The molecule has 0 amide bonds. The van der Waals surface area contributed by atoms with Crippen molar-refractivity contribution in [3.63, 3.8) is 0 Å². The molecule has 0 N–H and O–H groups in total. The Labute approximate surface area is 105 Å². The van der Waals surface area contributed by atoms with Crippen molar-refractivity contribution in [3.8, 4) is 0 Å². The van der Waals surface area contributed by atoms with Gasteiger partial charge in [-0.1, -0.05) is 38.3 Å². The van der Waals surface area contributed by atoms with E-state index in [1.807, 2.05) is 6.92 Å². The average Bonchev–Trinajstić information content (AvgIpc) is 2.34. The van der Waals surface area contributed by atoms with E-state index in [0.717, 1.165) is 25.7 Å². The highest BCUT2D eigenvalue weighted by Gasteiger charge is 2.13. The van der Waals surface area contributed by atoms with Crippen molar-refractivity contribution in [2.75, 3.05) is 6.61 Å². The number of hydrogen-bond acceptors (Lipinski definition) is 2. The first-order valence-corrected chi connectivity index (χ1v) is 7.12. The molecule has 0 aromatic rings. The van der Waals surface area contributed by atoms with Crippen LogP contribution in [0.5, 0.6) is 0 Å². The fourth-order valence-corrected chi connectivity index (χ4v) is 2.11. The first-order valence-electron chi connectivity index (χ1n) is 7.12.